The molecule has 0 aliphatic carbocycles. The summed E-state index contributed by atoms with van der Waals surface area (Å²) >= 11 is 3.64. The molecule has 2 aromatic carbocycles. The van der Waals surface area contributed by atoms with Crippen molar-refractivity contribution in [2.24, 2.45) is 0 Å². The van der Waals surface area contributed by atoms with Crippen LogP contribution in [0.1, 0.15) is 22.9 Å². The van der Waals surface area contributed by atoms with Crippen molar-refractivity contribution in [3.8, 4) is 0 Å². The van der Waals surface area contributed by atoms with Gasteiger partial charge in [-0.25, -0.2) is 0 Å². The summed E-state index contributed by atoms with van der Waals surface area (Å²) in [6.07, 6.45) is 3.73. The maximum atomic E-state index is 4.33. The number of para-hydroxylation sites is 2. The second kappa shape index (κ2) is 6.73. The van der Waals surface area contributed by atoms with Crippen LogP contribution >= 0.6 is 15.9 Å². The first-order valence-electron chi connectivity index (χ1n) is 8.22. The second-order valence-electron chi connectivity index (χ2n) is 6.05. The molecule has 0 amide bonds. The van der Waals surface area contributed by atoms with Crippen molar-refractivity contribution >= 4 is 32.5 Å². The predicted molar refractivity (Wildman–Crippen MR) is 107 cm³/mol. The van der Waals surface area contributed by atoms with Crippen LogP contribution in [0.15, 0.2) is 77.5 Å². The molecule has 25 heavy (non-hydrogen) atoms. The number of aromatic nitrogens is 2. The number of rotatable bonds is 4. The molecule has 2 heterocycles. The smallest absolute Gasteiger partial charge is 0.0806 e. The molecule has 0 saturated heterocycles. The van der Waals surface area contributed by atoms with Crippen LogP contribution in [0.2, 0.25) is 0 Å². The summed E-state index contributed by atoms with van der Waals surface area (Å²) in [6, 6.07) is 20.7. The number of nitrogens with zero attached hydrogens (tertiary/aromatic N) is 1. The Balaban J connectivity index is 1.88. The first kappa shape index (κ1) is 15.9. The Morgan fingerprint density at radius 3 is 2.60 bits per heavy atom. The molecular formula is C21H18BrN3. The van der Waals surface area contributed by atoms with E-state index in [9.17, 15) is 0 Å². The SMILES string of the molecule is Cc1[nH]c2ccccc2c1C(Nc1ccccc1Br)c1cccnc1. The van der Waals surface area contributed by atoms with E-state index < -0.39 is 0 Å². The van der Waals surface area contributed by atoms with E-state index >= 15 is 0 Å². The van der Waals surface area contributed by atoms with Gasteiger partial charge in [0, 0.05) is 44.7 Å². The van der Waals surface area contributed by atoms with Crippen LogP contribution in [0, 0.1) is 6.92 Å². The van der Waals surface area contributed by atoms with E-state index in [0.717, 1.165) is 26.9 Å². The largest absolute Gasteiger partial charge is 0.373 e. The number of halogens is 1. The van der Waals surface area contributed by atoms with Crippen LogP contribution in [0.5, 0.6) is 0 Å². The second-order valence-corrected chi connectivity index (χ2v) is 6.91. The Bertz CT molecular complexity index is 1010. The zero-order valence-corrected chi connectivity index (χ0v) is 15.4. The van der Waals surface area contributed by atoms with Crippen molar-refractivity contribution in [2.75, 3.05) is 5.32 Å². The minimum atomic E-state index is 0.00329. The van der Waals surface area contributed by atoms with Gasteiger partial charge in [0.05, 0.1) is 6.04 Å². The molecule has 1 unspecified atom stereocenters. The molecule has 0 spiro atoms. The topological polar surface area (TPSA) is 40.7 Å². The Kier molecular flexibility index (Phi) is 4.28. The number of nitrogens with one attached hydrogen (secondary N) is 2. The molecule has 4 heteroatoms. The third kappa shape index (κ3) is 3.05. The number of pyridine rings is 1. The number of hydrogen-bond donors (Lipinski definition) is 2. The molecule has 124 valence electrons. The van der Waals surface area contributed by atoms with Crippen molar-refractivity contribution in [1.82, 2.24) is 9.97 Å². The van der Waals surface area contributed by atoms with Gasteiger partial charge in [0.2, 0.25) is 0 Å². The Morgan fingerprint density at radius 1 is 1.00 bits per heavy atom. The lowest BCUT2D eigenvalue weighted by Gasteiger charge is -2.22. The van der Waals surface area contributed by atoms with E-state index in [1.807, 2.05) is 30.5 Å². The van der Waals surface area contributed by atoms with E-state index in [1.165, 1.54) is 10.9 Å². The zero-order chi connectivity index (χ0) is 17.2. The van der Waals surface area contributed by atoms with Gasteiger partial charge in [-0.2, -0.15) is 0 Å². The maximum Gasteiger partial charge on any atom is 0.0806 e. The van der Waals surface area contributed by atoms with Gasteiger partial charge >= 0.3 is 0 Å². The molecule has 0 bridgehead atoms. The third-order valence-corrected chi connectivity index (χ3v) is 5.12. The maximum absolute atomic E-state index is 4.33. The van der Waals surface area contributed by atoms with Crippen LogP contribution in [-0.2, 0) is 0 Å². The van der Waals surface area contributed by atoms with E-state index in [-0.39, 0.29) is 6.04 Å². The third-order valence-electron chi connectivity index (χ3n) is 4.42. The lowest BCUT2D eigenvalue weighted by atomic mass is 9.97. The summed E-state index contributed by atoms with van der Waals surface area (Å²) in [7, 11) is 0. The Hall–Kier alpha value is -2.59. The van der Waals surface area contributed by atoms with Crippen molar-refractivity contribution in [3.63, 3.8) is 0 Å². The zero-order valence-electron chi connectivity index (χ0n) is 13.8. The Labute approximate surface area is 155 Å². The van der Waals surface area contributed by atoms with Gasteiger partial charge in [-0.1, -0.05) is 36.4 Å². The van der Waals surface area contributed by atoms with Gasteiger partial charge < -0.3 is 10.3 Å². The van der Waals surface area contributed by atoms with Crippen molar-refractivity contribution in [1.29, 1.82) is 0 Å². The Morgan fingerprint density at radius 2 is 1.80 bits per heavy atom. The highest BCUT2D eigenvalue weighted by Crippen LogP contribution is 2.35. The predicted octanol–water partition coefficient (Wildman–Crippen LogP) is 5.84. The minimum absolute atomic E-state index is 0.00329. The number of anilines is 1. The summed E-state index contributed by atoms with van der Waals surface area (Å²) < 4.78 is 1.04. The van der Waals surface area contributed by atoms with Crippen LogP contribution in [0.3, 0.4) is 0 Å². The molecule has 0 fully saturated rings. The number of fused-ring (bicyclic) bond motifs is 1. The van der Waals surface area contributed by atoms with Crippen molar-refractivity contribution in [3.05, 3.63) is 94.4 Å². The quantitative estimate of drug-likeness (QED) is 0.458. The standard InChI is InChI=1S/C21H18BrN3/c1-14-20(16-8-2-4-10-18(16)24-14)21(15-7-6-12-23-13-15)25-19-11-5-3-9-17(19)22/h2-13,21,24-25H,1H3. The lowest BCUT2D eigenvalue weighted by molar-refractivity contribution is 0.921. The van der Waals surface area contributed by atoms with Crippen LogP contribution in [-0.4, -0.2) is 9.97 Å². The molecule has 0 radical (unpaired) electrons. The van der Waals surface area contributed by atoms with Crippen LogP contribution < -0.4 is 5.32 Å². The van der Waals surface area contributed by atoms with Crippen molar-refractivity contribution in [2.45, 2.75) is 13.0 Å². The van der Waals surface area contributed by atoms with Gasteiger partial charge in [0.25, 0.3) is 0 Å². The average Bonchev–Trinajstić information content (AvgIpc) is 2.97. The molecule has 4 rings (SSSR count). The summed E-state index contributed by atoms with van der Waals surface area (Å²) in [5.41, 5.74) is 5.75. The molecule has 4 aromatic rings. The van der Waals surface area contributed by atoms with Gasteiger partial charge in [-0.3, -0.25) is 4.98 Å². The molecule has 2 aromatic heterocycles. The van der Waals surface area contributed by atoms with Crippen LogP contribution in [0.4, 0.5) is 5.69 Å². The summed E-state index contributed by atoms with van der Waals surface area (Å²) in [5, 5.41) is 4.92. The van der Waals surface area contributed by atoms with Gasteiger partial charge in [0.15, 0.2) is 0 Å². The van der Waals surface area contributed by atoms with Crippen molar-refractivity contribution < 1.29 is 0 Å². The number of aromatic amines is 1. The lowest BCUT2D eigenvalue weighted by Crippen LogP contribution is -2.13. The molecule has 0 aliphatic rings. The minimum Gasteiger partial charge on any atom is -0.373 e. The van der Waals surface area contributed by atoms with E-state index in [4.69, 9.17) is 0 Å². The first-order valence-corrected chi connectivity index (χ1v) is 9.01. The summed E-state index contributed by atoms with van der Waals surface area (Å²) in [4.78, 5) is 7.83. The highest BCUT2D eigenvalue weighted by atomic mass is 79.9. The normalized spacial score (nSPS) is 12.2. The van der Waals surface area contributed by atoms with E-state index in [1.54, 1.807) is 6.20 Å². The monoisotopic (exact) mass is 391 g/mol. The molecule has 0 aliphatic heterocycles. The van der Waals surface area contributed by atoms with Gasteiger partial charge in [0.1, 0.15) is 0 Å². The number of H-pyrrole nitrogens is 1. The first-order chi connectivity index (χ1) is 12.2. The average molecular weight is 392 g/mol. The highest BCUT2D eigenvalue weighted by Gasteiger charge is 2.21. The molecule has 0 saturated carbocycles. The van der Waals surface area contributed by atoms with Crippen LogP contribution in [0.25, 0.3) is 10.9 Å². The fourth-order valence-corrected chi connectivity index (χ4v) is 3.67. The highest BCUT2D eigenvalue weighted by molar-refractivity contribution is 9.10. The number of aryl methyl sites for hydroxylation is 1. The van der Waals surface area contributed by atoms with Gasteiger partial charge in [-0.05, 0) is 52.7 Å². The fourth-order valence-electron chi connectivity index (χ4n) is 3.27. The van der Waals surface area contributed by atoms with Gasteiger partial charge in [-0.15, -0.1) is 0 Å². The molecule has 3 nitrogen and oxygen atoms in total. The molecule has 1 atom stereocenters. The fraction of sp³-hybridized carbons (Fsp3) is 0.0952. The number of benzene rings is 2. The molecular weight excluding hydrogens is 374 g/mol. The van der Waals surface area contributed by atoms with E-state index in [0.29, 0.717) is 0 Å². The number of hydrogen-bond acceptors (Lipinski definition) is 2. The summed E-state index contributed by atoms with van der Waals surface area (Å²) in [6.45, 7) is 2.13. The summed E-state index contributed by atoms with van der Waals surface area (Å²) in [5.74, 6) is 0. The molecule has 2 N–H and O–H groups in total. The van der Waals surface area contributed by atoms with E-state index in [2.05, 4.69) is 74.5 Å².